The van der Waals surface area contributed by atoms with Crippen molar-refractivity contribution in [3.05, 3.63) is 42.0 Å². The Balaban J connectivity index is 2.12. The highest BCUT2D eigenvalue weighted by Gasteiger charge is 2.13. The van der Waals surface area contributed by atoms with Crippen LogP contribution < -0.4 is 5.73 Å². The van der Waals surface area contributed by atoms with Gasteiger partial charge in [0.05, 0.1) is 12.3 Å². The minimum Gasteiger partial charge on any atom is -0.398 e. The van der Waals surface area contributed by atoms with Crippen molar-refractivity contribution < 1.29 is 5.11 Å². The second-order valence-electron chi connectivity index (χ2n) is 4.64. The van der Waals surface area contributed by atoms with Gasteiger partial charge in [-0.1, -0.05) is 0 Å². The molecule has 0 aliphatic heterocycles. The van der Waals surface area contributed by atoms with Crippen LogP contribution in [-0.2, 0) is 6.42 Å². The van der Waals surface area contributed by atoms with Crippen molar-refractivity contribution in [1.29, 1.82) is 0 Å². The minimum absolute atomic E-state index is 0.286. The Bertz CT molecular complexity index is 521. The molecule has 3 N–H and O–H groups in total. The van der Waals surface area contributed by atoms with E-state index >= 15 is 0 Å². The van der Waals surface area contributed by atoms with E-state index in [1.807, 2.05) is 24.7 Å². The molecule has 2 rings (SSSR count). The van der Waals surface area contributed by atoms with Crippen molar-refractivity contribution in [2.45, 2.75) is 32.4 Å². The van der Waals surface area contributed by atoms with E-state index in [0.29, 0.717) is 12.1 Å². The number of aromatic nitrogens is 3. The number of anilines is 1. The fourth-order valence-electron chi connectivity index (χ4n) is 1.74. The molecule has 96 valence electrons. The van der Waals surface area contributed by atoms with Gasteiger partial charge < -0.3 is 10.8 Å². The van der Waals surface area contributed by atoms with Crippen molar-refractivity contribution in [2.75, 3.05) is 5.73 Å². The lowest BCUT2D eigenvalue weighted by molar-refractivity contribution is 0.178. The lowest BCUT2D eigenvalue weighted by atomic mass is 10.0. The normalized spacial score (nSPS) is 12.9. The molecule has 0 spiro atoms. The smallest absolute Gasteiger partial charge is 0.0862 e. The van der Waals surface area contributed by atoms with E-state index in [-0.39, 0.29) is 6.04 Å². The van der Waals surface area contributed by atoms with Gasteiger partial charge in [0.1, 0.15) is 0 Å². The first-order chi connectivity index (χ1) is 8.58. The second kappa shape index (κ2) is 5.18. The van der Waals surface area contributed by atoms with Crippen LogP contribution in [0.5, 0.6) is 0 Å². The predicted octanol–water partition coefficient (Wildman–Crippen LogP) is 1.72. The number of rotatable bonds is 4. The molecule has 1 atom stereocenters. The van der Waals surface area contributed by atoms with E-state index in [2.05, 4.69) is 10.1 Å². The highest BCUT2D eigenvalue weighted by Crippen LogP contribution is 2.21. The third-order valence-electron chi connectivity index (χ3n) is 2.89. The van der Waals surface area contributed by atoms with E-state index in [1.54, 1.807) is 24.7 Å². The molecule has 0 bridgehead atoms. The molecule has 0 aliphatic carbocycles. The van der Waals surface area contributed by atoms with E-state index in [9.17, 15) is 5.11 Å². The first-order valence-corrected chi connectivity index (χ1v) is 5.98. The van der Waals surface area contributed by atoms with Gasteiger partial charge in [0.2, 0.25) is 0 Å². The largest absolute Gasteiger partial charge is 0.398 e. The van der Waals surface area contributed by atoms with Crippen LogP contribution in [-0.4, -0.2) is 19.9 Å². The second-order valence-corrected chi connectivity index (χ2v) is 4.64. The SMILES string of the molecule is CC(C)n1cc(C(O)Cc2cnccc2N)cn1. The van der Waals surface area contributed by atoms with Crippen molar-refractivity contribution >= 4 is 5.69 Å². The van der Waals surface area contributed by atoms with Crippen LogP contribution in [0.25, 0.3) is 0 Å². The summed E-state index contributed by atoms with van der Waals surface area (Å²) in [5.74, 6) is 0. The fraction of sp³-hybridized carbons (Fsp3) is 0.385. The summed E-state index contributed by atoms with van der Waals surface area (Å²) in [7, 11) is 0. The maximum atomic E-state index is 10.2. The lowest BCUT2D eigenvalue weighted by Gasteiger charge is -2.10. The van der Waals surface area contributed by atoms with Gasteiger partial charge in [-0.15, -0.1) is 0 Å². The van der Waals surface area contributed by atoms with E-state index in [0.717, 1.165) is 11.1 Å². The highest BCUT2D eigenvalue weighted by molar-refractivity contribution is 5.44. The van der Waals surface area contributed by atoms with E-state index < -0.39 is 6.10 Å². The lowest BCUT2D eigenvalue weighted by Crippen LogP contribution is -2.04. The summed E-state index contributed by atoms with van der Waals surface area (Å²) in [5, 5.41) is 14.4. The summed E-state index contributed by atoms with van der Waals surface area (Å²) in [5.41, 5.74) is 8.13. The average molecular weight is 246 g/mol. The molecule has 0 amide bonds. The zero-order chi connectivity index (χ0) is 13.1. The molecule has 0 aromatic carbocycles. The number of aliphatic hydroxyl groups is 1. The monoisotopic (exact) mass is 246 g/mol. The zero-order valence-electron chi connectivity index (χ0n) is 10.6. The van der Waals surface area contributed by atoms with Gasteiger partial charge in [0, 0.05) is 42.3 Å². The van der Waals surface area contributed by atoms with Crippen molar-refractivity contribution in [3.8, 4) is 0 Å². The Hall–Kier alpha value is -1.88. The topological polar surface area (TPSA) is 77.0 Å². The third-order valence-corrected chi connectivity index (χ3v) is 2.89. The summed E-state index contributed by atoms with van der Waals surface area (Å²) in [6.45, 7) is 4.09. The van der Waals surface area contributed by atoms with Crippen molar-refractivity contribution in [1.82, 2.24) is 14.8 Å². The van der Waals surface area contributed by atoms with Crippen molar-refractivity contribution in [3.63, 3.8) is 0 Å². The standard InChI is InChI=1S/C13H18N4O/c1-9(2)17-8-11(7-16-17)13(18)5-10-6-15-4-3-12(10)14/h3-4,6-9,13,18H,5H2,1-2H3,(H2,14,15). The summed E-state index contributed by atoms with van der Waals surface area (Å²) >= 11 is 0. The fourth-order valence-corrected chi connectivity index (χ4v) is 1.74. The Morgan fingerprint density at radius 1 is 1.39 bits per heavy atom. The molecule has 5 nitrogen and oxygen atoms in total. The van der Waals surface area contributed by atoms with E-state index in [1.165, 1.54) is 0 Å². The van der Waals surface area contributed by atoms with Crippen LogP contribution in [0.15, 0.2) is 30.9 Å². The summed E-state index contributed by atoms with van der Waals surface area (Å²) in [6.07, 6.45) is 6.72. The van der Waals surface area contributed by atoms with Gasteiger partial charge in [0.25, 0.3) is 0 Å². The predicted molar refractivity (Wildman–Crippen MR) is 69.9 cm³/mol. The van der Waals surface area contributed by atoms with Crippen molar-refractivity contribution in [2.24, 2.45) is 0 Å². The van der Waals surface area contributed by atoms with Crippen LogP contribution >= 0.6 is 0 Å². The van der Waals surface area contributed by atoms with Gasteiger partial charge in [-0.2, -0.15) is 5.10 Å². The molecule has 0 aliphatic rings. The van der Waals surface area contributed by atoms with E-state index in [4.69, 9.17) is 5.73 Å². The van der Waals surface area contributed by atoms with Crippen LogP contribution in [0.2, 0.25) is 0 Å². The highest BCUT2D eigenvalue weighted by atomic mass is 16.3. The van der Waals surface area contributed by atoms with Crippen LogP contribution in [0, 0.1) is 0 Å². The Morgan fingerprint density at radius 2 is 2.17 bits per heavy atom. The van der Waals surface area contributed by atoms with Crippen LogP contribution in [0.3, 0.4) is 0 Å². The maximum absolute atomic E-state index is 10.2. The van der Waals surface area contributed by atoms with Gasteiger partial charge in [-0.3, -0.25) is 9.67 Å². The zero-order valence-corrected chi connectivity index (χ0v) is 10.6. The maximum Gasteiger partial charge on any atom is 0.0862 e. The Kier molecular flexibility index (Phi) is 3.62. The molecule has 5 heteroatoms. The third kappa shape index (κ3) is 2.68. The number of nitrogens with two attached hydrogens (primary N) is 1. The van der Waals surface area contributed by atoms with Crippen LogP contribution in [0.4, 0.5) is 5.69 Å². The Morgan fingerprint density at radius 3 is 2.78 bits per heavy atom. The molecular weight excluding hydrogens is 228 g/mol. The van der Waals surface area contributed by atoms with Gasteiger partial charge in [-0.25, -0.2) is 0 Å². The first kappa shape index (κ1) is 12.6. The van der Waals surface area contributed by atoms with Gasteiger partial charge in [-0.05, 0) is 25.5 Å². The van der Waals surface area contributed by atoms with Gasteiger partial charge >= 0.3 is 0 Å². The molecule has 1 unspecified atom stereocenters. The van der Waals surface area contributed by atoms with Crippen LogP contribution in [0.1, 0.15) is 37.1 Å². The molecule has 2 aromatic rings. The molecule has 0 saturated carbocycles. The molecule has 2 aromatic heterocycles. The average Bonchev–Trinajstić information content (AvgIpc) is 2.81. The summed E-state index contributed by atoms with van der Waals surface area (Å²) in [6, 6.07) is 2.02. The number of hydrogen-bond acceptors (Lipinski definition) is 4. The molecule has 18 heavy (non-hydrogen) atoms. The molecule has 0 radical (unpaired) electrons. The number of nitrogen functional groups attached to an aromatic ring is 1. The minimum atomic E-state index is -0.607. The number of aliphatic hydroxyl groups excluding tert-OH is 1. The Labute approximate surface area is 106 Å². The summed E-state index contributed by atoms with van der Waals surface area (Å²) in [4.78, 5) is 4.01. The molecule has 0 saturated heterocycles. The molecule has 0 fully saturated rings. The number of nitrogens with zero attached hydrogens (tertiary/aromatic N) is 3. The quantitative estimate of drug-likeness (QED) is 0.861. The number of hydrogen-bond donors (Lipinski definition) is 2. The molecular formula is C13H18N4O. The number of pyridine rings is 1. The summed E-state index contributed by atoms with van der Waals surface area (Å²) < 4.78 is 1.82. The first-order valence-electron chi connectivity index (χ1n) is 5.98. The molecule has 2 heterocycles. The van der Waals surface area contributed by atoms with Gasteiger partial charge in [0.15, 0.2) is 0 Å².